The minimum Gasteiger partial charge on any atom is -0.484 e. The molecule has 2 saturated heterocycles. The molecule has 5 heterocycles. The molecule has 6 rings (SSSR count). The van der Waals surface area contributed by atoms with Gasteiger partial charge in [0.2, 0.25) is 10.0 Å². The van der Waals surface area contributed by atoms with Crippen LogP contribution in [0.15, 0.2) is 36.7 Å². The largest absolute Gasteiger partial charge is 0.484 e. The van der Waals surface area contributed by atoms with Gasteiger partial charge in [0.15, 0.2) is 5.15 Å². The molecule has 1 N–H and O–H groups in total. The lowest BCUT2D eigenvalue weighted by atomic mass is 9.74. The summed E-state index contributed by atoms with van der Waals surface area (Å²) in [5, 5.41) is 16.8. The van der Waals surface area contributed by atoms with Crippen molar-refractivity contribution in [2.75, 3.05) is 37.3 Å². The Morgan fingerprint density at radius 3 is 2.50 bits per heavy atom. The fourth-order valence-corrected chi connectivity index (χ4v) is 6.93. The van der Waals surface area contributed by atoms with E-state index in [2.05, 4.69) is 30.3 Å². The Hall–Kier alpha value is -2.70. The van der Waals surface area contributed by atoms with Crippen LogP contribution in [0.5, 0.6) is 5.75 Å². The topological polar surface area (TPSA) is 117 Å². The van der Waals surface area contributed by atoms with Crippen LogP contribution >= 0.6 is 34.8 Å². The molecule has 0 radical (unpaired) electrons. The monoisotopic (exact) mass is 593 g/mol. The lowest BCUT2D eigenvalue weighted by Crippen LogP contribution is -2.73. The van der Waals surface area contributed by atoms with Crippen LogP contribution < -0.4 is 9.64 Å². The van der Waals surface area contributed by atoms with Gasteiger partial charge in [-0.15, -0.1) is 5.10 Å². The third-order valence-corrected chi connectivity index (χ3v) is 9.08. The predicted octanol–water partition coefficient (Wildman–Crippen LogP) is 4.60. The minimum absolute atomic E-state index is 0.0371. The molecule has 1 spiro atoms. The number of hydrogen-bond acceptors (Lipinski definition) is 8. The fourth-order valence-electron chi connectivity index (χ4n) is 5.07. The molecule has 0 amide bonds. The van der Waals surface area contributed by atoms with Crippen molar-refractivity contribution in [2.45, 2.75) is 13.0 Å². The van der Waals surface area contributed by atoms with Crippen molar-refractivity contribution in [3.8, 4) is 17.0 Å². The molecule has 38 heavy (non-hydrogen) atoms. The van der Waals surface area contributed by atoms with Gasteiger partial charge in [-0.05, 0) is 31.2 Å². The Labute approximate surface area is 233 Å². The molecule has 198 valence electrons. The highest BCUT2D eigenvalue weighted by atomic mass is 35.5. The normalized spacial score (nSPS) is 17.9. The van der Waals surface area contributed by atoms with Gasteiger partial charge < -0.3 is 9.64 Å². The summed E-state index contributed by atoms with van der Waals surface area (Å²) in [5.41, 5.74) is 2.84. The number of hydrogen-bond donors (Lipinski definition) is 1. The molecular formula is C24H22Cl3N7O3S. The Morgan fingerprint density at radius 1 is 1.08 bits per heavy atom. The molecule has 0 saturated carbocycles. The highest BCUT2D eigenvalue weighted by Crippen LogP contribution is 2.43. The molecular weight excluding hydrogens is 573 g/mol. The number of nitrogens with zero attached hydrogens (tertiary/aromatic N) is 6. The summed E-state index contributed by atoms with van der Waals surface area (Å²) in [5.74, 6) is 1.29. The van der Waals surface area contributed by atoms with E-state index in [4.69, 9.17) is 39.5 Å². The molecule has 2 aliphatic rings. The van der Waals surface area contributed by atoms with Crippen LogP contribution in [0.4, 0.5) is 5.82 Å². The number of ether oxygens (including phenoxy) is 1. The number of sulfonamides is 1. The molecule has 14 heteroatoms. The second-order valence-electron chi connectivity index (χ2n) is 9.85. The van der Waals surface area contributed by atoms with E-state index in [1.165, 1.54) is 16.8 Å². The van der Waals surface area contributed by atoms with Crippen LogP contribution in [0.25, 0.3) is 22.2 Å². The van der Waals surface area contributed by atoms with E-state index in [-0.39, 0.29) is 10.6 Å². The number of anilines is 1. The molecule has 1 atom stereocenters. The minimum atomic E-state index is -3.12. The van der Waals surface area contributed by atoms with Crippen LogP contribution in [-0.2, 0) is 10.0 Å². The van der Waals surface area contributed by atoms with Gasteiger partial charge >= 0.3 is 0 Å². The quantitative estimate of drug-likeness (QED) is 0.344. The molecule has 1 aromatic carbocycles. The fraction of sp³-hybridized carbons (Fsp3) is 0.333. The van der Waals surface area contributed by atoms with Crippen molar-refractivity contribution < 1.29 is 13.2 Å². The van der Waals surface area contributed by atoms with Crippen LogP contribution in [0.1, 0.15) is 18.6 Å². The second kappa shape index (κ2) is 9.20. The van der Waals surface area contributed by atoms with Gasteiger partial charge in [-0.25, -0.2) is 17.7 Å². The first-order valence-electron chi connectivity index (χ1n) is 11.7. The number of fused-ring (bicyclic) bond motifs is 1. The molecule has 2 aliphatic heterocycles. The van der Waals surface area contributed by atoms with Crippen LogP contribution in [0, 0.1) is 5.41 Å². The van der Waals surface area contributed by atoms with Gasteiger partial charge in [0.25, 0.3) is 0 Å². The SMILES string of the molecule is C[C@@H](Oc1cc2c(-c3ccc(N4CC5(C4)CN(S(C)(=O)=O)C5)nc3)n[nH]c2cc1Cl)c1c(Cl)cnnc1Cl. The molecule has 0 aliphatic carbocycles. The smallest absolute Gasteiger partial charge is 0.211 e. The van der Waals surface area contributed by atoms with E-state index in [1.54, 1.807) is 19.2 Å². The van der Waals surface area contributed by atoms with Gasteiger partial charge in [0.1, 0.15) is 23.4 Å². The Balaban J connectivity index is 1.20. The third-order valence-electron chi connectivity index (χ3n) is 7.01. The molecule has 0 unspecified atom stereocenters. The maximum absolute atomic E-state index is 11.7. The Bertz CT molecular complexity index is 1630. The Kier molecular flexibility index (Phi) is 6.19. The second-order valence-corrected chi connectivity index (χ2v) is 13.0. The number of pyridine rings is 1. The summed E-state index contributed by atoms with van der Waals surface area (Å²) in [6, 6.07) is 7.49. The van der Waals surface area contributed by atoms with Crippen molar-refractivity contribution in [1.29, 1.82) is 0 Å². The average Bonchev–Trinajstić information content (AvgIpc) is 3.19. The van der Waals surface area contributed by atoms with Gasteiger partial charge in [-0.2, -0.15) is 10.2 Å². The third kappa shape index (κ3) is 4.46. The maximum Gasteiger partial charge on any atom is 0.211 e. The lowest BCUT2D eigenvalue weighted by molar-refractivity contribution is 0.0395. The lowest BCUT2D eigenvalue weighted by Gasteiger charge is -2.59. The summed E-state index contributed by atoms with van der Waals surface area (Å²) in [6.45, 7) is 4.52. The van der Waals surface area contributed by atoms with Crippen molar-refractivity contribution >= 4 is 61.5 Å². The standard InChI is InChI=1S/C24H22Cl3N7O3S/c1-13(21-17(26)8-29-32-23(21)27)37-19-5-15-18(6-16(19)25)30-31-22(15)14-3-4-20(28-7-14)33-9-24(10-33)11-34(12-24)38(2,35)36/h3-8,13H,9-12H2,1-2H3,(H,30,31)/t13-/m1/s1. The molecule has 0 bridgehead atoms. The number of nitrogens with one attached hydrogen (secondary N) is 1. The van der Waals surface area contributed by atoms with Crippen molar-refractivity contribution in [3.63, 3.8) is 0 Å². The van der Waals surface area contributed by atoms with Crippen molar-refractivity contribution in [2.24, 2.45) is 5.41 Å². The maximum atomic E-state index is 11.7. The van der Waals surface area contributed by atoms with Crippen LogP contribution in [0.2, 0.25) is 15.2 Å². The Morgan fingerprint density at radius 2 is 1.84 bits per heavy atom. The summed E-state index contributed by atoms with van der Waals surface area (Å²) >= 11 is 19.0. The number of aromatic amines is 1. The van der Waals surface area contributed by atoms with E-state index in [9.17, 15) is 8.42 Å². The van der Waals surface area contributed by atoms with Gasteiger partial charge in [-0.1, -0.05) is 34.8 Å². The zero-order valence-electron chi connectivity index (χ0n) is 20.3. The molecule has 4 aromatic rings. The van der Waals surface area contributed by atoms with E-state index >= 15 is 0 Å². The molecule has 3 aromatic heterocycles. The zero-order chi connectivity index (χ0) is 26.8. The first-order valence-corrected chi connectivity index (χ1v) is 14.7. The van der Waals surface area contributed by atoms with Gasteiger partial charge in [0, 0.05) is 48.7 Å². The highest BCUT2D eigenvalue weighted by Gasteiger charge is 2.54. The zero-order valence-corrected chi connectivity index (χ0v) is 23.4. The summed E-state index contributed by atoms with van der Waals surface area (Å²) in [6.07, 6.45) is 3.91. The highest BCUT2D eigenvalue weighted by molar-refractivity contribution is 7.88. The number of benzene rings is 1. The average molecular weight is 595 g/mol. The number of rotatable bonds is 6. The first kappa shape index (κ1) is 25.6. The predicted molar refractivity (Wildman–Crippen MR) is 146 cm³/mol. The van der Waals surface area contributed by atoms with E-state index in [0.29, 0.717) is 40.1 Å². The first-order chi connectivity index (χ1) is 18.0. The number of H-pyrrole nitrogens is 1. The van der Waals surface area contributed by atoms with Crippen LogP contribution in [-0.4, -0.2) is 70.5 Å². The van der Waals surface area contributed by atoms with E-state index < -0.39 is 16.1 Å². The van der Waals surface area contributed by atoms with Crippen LogP contribution in [0.3, 0.4) is 0 Å². The summed E-state index contributed by atoms with van der Waals surface area (Å²) < 4.78 is 31.0. The molecule has 10 nitrogen and oxygen atoms in total. The van der Waals surface area contributed by atoms with E-state index in [0.717, 1.165) is 35.4 Å². The molecule has 2 fully saturated rings. The number of aromatic nitrogens is 5. The van der Waals surface area contributed by atoms with Crippen molar-refractivity contribution in [1.82, 2.24) is 29.7 Å². The van der Waals surface area contributed by atoms with E-state index in [1.807, 2.05) is 18.2 Å². The number of halogens is 3. The van der Waals surface area contributed by atoms with Crippen molar-refractivity contribution in [3.05, 3.63) is 57.4 Å². The van der Waals surface area contributed by atoms with Gasteiger partial charge in [0.05, 0.1) is 33.6 Å². The van der Waals surface area contributed by atoms with Gasteiger partial charge in [-0.3, -0.25) is 5.10 Å². The summed E-state index contributed by atoms with van der Waals surface area (Å²) in [4.78, 5) is 6.80. The summed E-state index contributed by atoms with van der Waals surface area (Å²) in [7, 11) is -3.12.